The highest BCUT2D eigenvalue weighted by molar-refractivity contribution is 5.69. The molecule has 5 atom stereocenters. The van der Waals surface area contributed by atoms with Crippen LogP contribution < -0.4 is 0 Å². The number of ether oxygens (including phenoxy) is 6. The van der Waals surface area contributed by atoms with E-state index in [4.69, 9.17) is 28.4 Å². The molecule has 152 valence electrons. The van der Waals surface area contributed by atoms with Crippen LogP contribution in [0.1, 0.15) is 34.6 Å². The van der Waals surface area contributed by atoms with E-state index in [-0.39, 0.29) is 0 Å². The summed E-state index contributed by atoms with van der Waals surface area (Å²) in [6.45, 7) is 5.13. The van der Waals surface area contributed by atoms with Gasteiger partial charge in [-0.05, 0) is 0 Å². The fourth-order valence-corrected chi connectivity index (χ4v) is 2.45. The Morgan fingerprint density at radius 2 is 1.07 bits per heavy atom. The van der Waals surface area contributed by atoms with Gasteiger partial charge in [0.2, 0.25) is 12.4 Å². The van der Waals surface area contributed by atoms with Crippen molar-refractivity contribution >= 4 is 29.8 Å². The predicted octanol–water partition coefficient (Wildman–Crippen LogP) is -0.367. The van der Waals surface area contributed by atoms with E-state index in [1.807, 2.05) is 0 Å². The standard InChI is InChI=1S/C16H22O11/c1-7(17)22-6-12-13(23-8(2)18)14(24-9(3)19)15(25-10(4)20)16(27-12)26-11(5)21/h12-16H,6H2,1-5H3/t12-,13+,14+,15-,16-/m0/s1. The fraction of sp³-hybridized carbons (Fsp3) is 0.688. The number of carbonyl (C=O) groups excluding carboxylic acids is 5. The summed E-state index contributed by atoms with van der Waals surface area (Å²) in [6, 6.07) is 0. The van der Waals surface area contributed by atoms with Gasteiger partial charge in [-0.3, -0.25) is 24.0 Å². The maximum atomic E-state index is 11.5. The quantitative estimate of drug-likeness (QED) is 0.433. The monoisotopic (exact) mass is 390 g/mol. The topological polar surface area (TPSA) is 141 Å². The predicted molar refractivity (Wildman–Crippen MR) is 83.7 cm³/mol. The number of carbonyl (C=O) groups is 5. The zero-order valence-corrected chi connectivity index (χ0v) is 15.6. The van der Waals surface area contributed by atoms with Gasteiger partial charge >= 0.3 is 29.8 Å². The molecule has 11 nitrogen and oxygen atoms in total. The van der Waals surface area contributed by atoms with Crippen LogP contribution in [-0.4, -0.2) is 67.2 Å². The van der Waals surface area contributed by atoms with Crippen LogP contribution in [-0.2, 0) is 52.4 Å². The SMILES string of the molecule is CC(=O)OC[C@@H]1O[C@H](OC(C)=O)[C@@H](OC(C)=O)[C@H](OC(C)=O)[C@@H]1OC(C)=O. The van der Waals surface area contributed by atoms with E-state index in [0.29, 0.717) is 0 Å². The van der Waals surface area contributed by atoms with Gasteiger partial charge < -0.3 is 28.4 Å². The minimum Gasteiger partial charge on any atom is -0.463 e. The third kappa shape index (κ3) is 7.21. The molecule has 1 heterocycles. The van der Waals surface area contributed by atoms with Crippen molar-refractivity contribution in [3.05, 3.63) is 0 Å². The summed E-state index contributed by atoms with van der Waals surface area (Å²) in [4.78, 5) is 57.0. The Balaban J connectivity index is 3.29. The van der Waals surface area contributed by atoms with Crippen LogP contribution in [0.2, 0.25) is 0 Å². The lowest BCUT2D eigenvalue weighted by atomic mass is 9.98. The molecule has 0 bridgehead atoms. The zero-order chi connectivity index (χ0) is 20.7. The minimum atomic E-state index is -1.48. The molecule has 27 heavy (non-hydrogen) atoms. The molecule has 0 spiro atoms. The van der Waals surface area contributed by atoms with E-state index in [0.717, 1.165) is 34.6 Å². The molecule has 0 aromatic heterocycles. The number of hydrogen-bond donors (Lipinski definition) is 0. The van der Waals surface area contributed by atoms with Crippen LogP contribution in [0.5, 0.6) is 0 Å². The first kappa shape index (κ1) is 22.4. The Bertz CT molecular complexity index is 599. The Hall–Kier alpha value is -2.69. The van der Waals surface area contributed by atoms with Crippen LogP contribution in [0, 0.1) is 0 Å². The second-order valence-corrected chi connectivity index (χ2v) is 5.68. The molecule has 0 aromatic carbocycles. The molecule has 0 amide bonds. The van der Waals surface area contributed by atoms with Gasteiger partial charge in [0.1, 0.15) is 12.7 Å². The molecule has 1 fully saturated rings. The van der Waals surface area contributed by atoms with Gasteiger partial charge in [0, 0.05) is 34.6 Å². The Morgan fingerprint density at radius 3 is 1.52 bits per heavy atom. The fourth-order valence-electron chi connectivity index (χ4n) is 2.45. The van der Waals surface area contributed by atoms with E-state index in [9.17, 15) is 24.0 Å². The van der Waals surface area contributed by atoms with E-state index in [2.05, 4.69) is 0 Å². The van der Waals surface area contributed by atoms with Gasteiger partial charge in [-0.1, -0.05) is 0 Å². The molecular weight excluding hydrogens is 368 g/mol. The van der Waals surface area contributed by atoms with Crippen molar-refractivity contribution in [2.24, 2.45) is 0 Å². The third-order valence-electron chi connectivity index (χ3n) is 3.23. The van der Waals surface area contributed by atoms with Gasteiger partial charge in [0.05, 0.1) is 0 Å². The van der Waals surface area contributed by atoms with Crippen molar-refractivity contribution < 1.29 is 52.4 Å². The summed E-state index contributed by atoms with van der Waals surface area (Å²) >= 11 is 0. The summed E-state index contributed by atoms with van der Waals surface area (Å²) < 4.78 is 30.8. The highest BCUT2D eigenvalue weighted by atomic mass is 16.7. The highest BCUT2D eigenvalue weighted by Crippen LogP contribution is 2.29. The maximum absolute atomic E-state index is 11.5. The minimum absolute atomic E-state index is 0.393. The molecule has 0 unspecified atom stereocenters. The number of esters is 5. The average molecular weight is 390 g/mol. The molecule has 1 aliphatic rings. The van der Waals surface area contributed by atoms with Crippen LogP contribution in [0.25, 0.3) is 0 Å². The lowest BCUT2D eigenvalue weighted by Crippen LogP contribution is -2.63. The molecule has 11 heteroatoms. The van der Waals surface area contributed by atoms with Crippen LogP contribution in [0.15, 0.2) is 0 Å². The molecule has 0 radical (unpaired) electrons. The Kier molecular flexibility index (Phi) is 8.16. The van der Waals surface area contributed by atoms with Gasteiger partial charge in [0.25, 0.3) is 0 Å². The molecule has 0 N–H and O–H groups in total. The summed E-state index contributed by atoms with van der Waals surface area (Å²) in [5.74, 6) is -3.71. The van der Waals surface area contributed by atoms with Crippen LogP contribution >= 0.6 is 0 Å². The van der Waals surface area contributed by atoms with Crippen LogP contribution in [0.4, 0.5) is 0 Å². The molecule has 1 aliphatic heterocycles. The van der Waals surface area contributed by atoms with Gasteiger partial charge in [-0.2, -0.15) is 0 Å². The normalized spacial score (nSPS) is 27.1. The van der Waals surface area contributed by atoms with E-state index < -0.39 is 67.2 Å². The lowest BCUT2D eigenvalue weighted by molar-refractivity contribution is -0.300. The summed E-state index contributed by atoms with van der Waals surface area (Å²) in [6.07, 6.45) is -6.70. The lowest BCUT2D eigenvalue weighted by Gasteiger charge is -2.43. The second-order valence-electron chi connectivity index (χ2n) is 5.68. The summed E-state index contributed by atoms with van der Waals surface area (Å²) in [7, 11) is 0. The molecule has 1 saturated heterocycles. The maximum Gasteiger partial charge on any atom is 0.305 e. The molecule has 0 aliphatic carbocycles. The van der Waals surface area contributed by atoms with E-state index in [1.54, 1.807) is 0 Å². The summed E-state index contributed by atoms with van der Waals surface area (Å²) in [5, 5.41) is 0. The van der Waals surface area contributed by atoms with Crippen molar-refractivity contribution in [1.82, 2.24) is 0 Å². The van der Waals surface area contributed by atoms with Crippen molar-refractivity contribution in [2.45, 2.75) is 65.3 Å². The Labute approximate surface area is 155 Å². The van der Waals surface area contributed by atoms with Crippen molar-refractivity contribution in [3.8, 4) is 0 Å². The van der Waals surface area contributed by atoms with Crippen molar-refractivity contribution in [2.75, 3.05) is 6.61 Å². The molecular formula is C16H22O11. The first-order chi connectivity index (χ1) is 12.5. The molecule has 1 rings (SSSR count). The molecule has 0 aromatic rings. The first-order valence-electron chi connectivity index (χ1n) is 7.99. The van der Waals surface area contributed by atoms with Gasteiger partial charge in [-0.25, -0.2) is 0 Å². The smallest absolute Gasteiger partial charge is 0.305 e. The second kappa shape index (κ2) is 9.86. The van der Waals surface area contributed by atoms with Crippen LogP contribution in [0.3, 0.4) is 0 Å². The van der Waals surface area contributed by atoms with Crippen molar-refractivity contribution in [3.63, 3.8) is 0 Å². The molecule has 0 saturated carbocycles. The Morgan fingerprint density at radius 1 is 0.630 bits per heavy atom. The number of hydrogen-bond acceptors (Lipinski definition) is 11. The van der Waals surface area contributed by atoms with E-state index >= 15 is 0 Å². The number of rotatable bonds is 6. The zero-order valence-electron chi connectivity index (χ0n) is 15.6. The van der Waals surface area contributed by atoms with E-state index in [1.165, 1.54) is 0 Å². The summed E-state index contributed by atoms with van der Waals surface area (Å²) in [5.41, 5.74) is 0. The first-order valence-corrected chi connectivity index (χ1v) is 7.99. The highest BCUT2D eigenvalue weighted by Gasteiger charge is 2.53. The third-order valence-corrected chi connectivity index (χ3v) is 3.23. The van der Waals surface area contributed by atoms with Gasteiger partial charge in [-0.15, -0.1) is 0 Å². The average Bonchev–Trinajstić information content (AvgIpc) is 2.49. The van der Waals surface area contributed by atoms with Crippen molar-refractivity contribution in [1.29, 1.82) is 0 Å². The largest absolute Gasteiger partial charge is 0.463 e. The van der Waals surface area contributed by atoms with Gasteiger partial charge in [0.15, 0.2) is 12.2 Å².